The van der Waals surface area contributed by atoms with E-state index in [9.17, 15) is 4.79 Å². The molecule has 8 nitrogen and oxygen atoms in total. The van der Waals surface area contributed by atoms with Crippen LogP contribution < -0.4 is 16.4 Å². The minimum Gasteiger partial charge on any atom is -0.382 e. The van der Waals surface area contributed by atoms with Gasteiger partial charge >= 0.3 is 0 Å². The largest absolute Gasteiger partial charge is 0.382 e. The summed E-state index contributed by atoms with van der Waals surface area (Å²) >= 11 is 0. The van der Waals surface area contributed by atoms with E-state index in [4.69, 9.17) is 11.5 Å². The lowest BCUT2D eigenvalue weighted by atomic mass is 10.3. The third-order valence-corrected chi connectivity index (χ3v) is 2.70. The van der Waals surface area contributed by atoms with Crippen LogP contribution in [-0.2, 0) is 4.79 Å². The first-order chi connectivity index (χ1) is 8.15. The number of nitrogens with zero attached hydrogens (tertiary/aromatic N) is 4. The third-order valence-electron chi connectivity index (χ3n) is 2.70. The fourth-order valence-corrected chi connectivity index (χ4v) is 1.89. The van der Waals surface area contributed by atoms with Crippen LogP contribution in [-0.4, -0.2) is 38.4 Å². The smallest absolute Gasteiger partial charge is 0.236 e. The van der Waals surface area contributed by atoms with Gasteiger partial charge in [0.15, 0.2) is 11.5 Å². The molecular weight excluding hydrogens is 222 g/mol. The van der Waals surface area contributed by atoms with Crippen molar-refractivity contribution in [2.75, 3.05) is 17.2 Å². The summed E-state index contributed by atoms with van der Waals surface area (Å²) in [5.41, 5.74) is 12.5. The van der Waals surface area contributed by atoms with Crippen LogP contribution in [0.3, 0.4) is 0 Å². The molecule has 2 aromatic rings. The zero-order valence-corrected chi connectivity index (χ0v) is 8.92. The van der Waals surface area contributed by atoms with Crippen LogP contribution in [0.4, 0.5) is 11.8 Å². The number of rotatable bonds is 1. The molecule has 8 heteroatoms. The van der Waals surface area contributed by atoms with Gasteiger partial charge in [0.05, 0.1) is 6.33 Å². The van der Waals surface area contributed by atoms with Crippen LogP contribution in [0, 0.1) is 0 Å². The standard InChI is InChI=1S/C9H11N7O/c10-4-1-5(17)16(2-4)9-14-7(11)6-8(15-9)13-3-12-6/h3-4H,1-2,10H2,(H3,11,12,13,14,15). The van der Waals surface area contributed by atoms with E-state index < -0.39 is 0 Å². The van der Waals surface area contributed by atoms with Crippen LogP contribution in [0.15, 0.2) is 6.33 Å². The number of carbonyl (C=O) groups excluding carboxylic acids is 1. The van der Waals surface area contributed by atoms with Crippen molar-refractivity contribution in [3.63, 3.8) is 0 Å². The van der Waals surface area contributed by atoms with Gasteiger partial charge in [0.2, 0.25) is 11.9 Å². The van der Waals surface area contributed by atoms with E-state index in [0.717, 1.165) is 0 Å². The molecule has 17 heavy (non-hydrogen) atoms. The summed E-state index contributed by atoms with van der Waals surface area (Å²) in [6.07, 6.45) is 1.79. The monoisotopic (exact) mass is 233 g/mol. The number of carbonyl (C=O) groups is 1. The summed E-state index contributed by atoms with van der Waals surface area (Å²) in [7, 11) is 0. The van der Waals surface area contributed by atoms with Gasteiger partial charge in [-0.2, -0.15) is 9.97 Å². The summed E-state index contributed by atoms with van der Waals surface area (Å²) in [5.74, 6) is 0.447. The Morgan fingerprint density at radius 3 is 3.00 bits per heavy atom. The van der Waals surface area contributed by atoms with E-state index in [2.05, 4.69) is 19.9 Å². The normalized spacial score (nSPS) is 20.4. The number of nitrogens with one attached hydrogen (secondary N) is 1. The van der Waals surface area contributed by atoms with E-state index in [-0.39, 0.29) is 23.7 Å². The van der Waals surface area contributed by atoms with Gasteiger partial charge in [-0.15, -0.1) is 0 Å². The van der Waals surface area contributed by atoms with Crippen molar-refractivity contribution < 1.29 is 4.79 Å². The number of hydrogen-bond acceptors (Lipinski definition) is 6. The molecule has 5 N–H and O–H groups in total. The summed E-state index contributed by atoms with van der Waals surface area (Å²) in [6.45, 7) is 0.411. The number of H-pyrrole nitrogens is 1. The number of imidazole rings is 1. The van der Waals surface area contributed by atoms with Gasteiger partial charge in [-0.3, -0.25) is 9.69 Å². The zero-order chi connectivity index (χ0) is 12.0. The molecule has 0 spiro atoms. The highest BCUT2D eigenvalue weighted by atomic mass is 16.2. The average Bonchev–Trinajstić information content (AvgIpc) is 2.84. The van der Waals surface area contributed by atoms with Crippen molar-refractivity contribution in [3.05, 3.63) is 6.33 Å². The Morgan fingerprint density at radius 1 is 1.47 bits per heavy atom. The van der Waals surface area contributed by atoms with Gasteiger partial charge in [-0.25, -0.2) is 4.98 Å². The second kappa shape index (κ2) is 3.39. The highest BCUT2D eigenvalue weighted by molar-refractivity contribution is 5.95. The minimum absolute atomic E-state index is 0.0909. The van der Waals surface area contributed by atoms with Crippen molar-refractivity contribution in [1.29, 1.82) is 0 Å². The topological polar surface area (TPSA) is 127 Å². The second-order valence-corrected chi connectivity index (χ2v) is 3.98. The predicted molar refractivity (Wildman–Crippen MR) is 61.0 cm³/mol. The molecule has 88 valence electrons. The molecule has 1 aliphatic heterocycles. The highest BCUT2D eigenvalue weighted by Gasteiger charge is 2.30. The molecule has 0 aliphatic carbocycles. The summed E-state index contributed by atoms with van der Waals surface area (Å²) in [6, 6.07) is -0.179. The molecule has 1 atom stereocenters. The Morgan fingerprint density at radius 2 is 2.29 bits per heavy atom. The number of amides is 1. The van der Waals surface area contributed by atoms with Crippen LogP contribution in [0.5, 0.6) is 0 Å². The lowest BCUT2D eigenvalue weighted by Gasteiger charge is -2.13. The molecule has 3 heterocycles. The van der Waals surface area contributed by atoms with Crippen LogP contribution in [0.2, 0.25) is 0 Å². The van der Waals surface area contributed by atoms with E-state index >= 15 is 0 Å². The number of aromatic amines is 1. The third kappa shape index (κ3) is 1.49. The van der Waals surface area contributed by atoms with Gasteiger partial charge < -0.3 is 16.5 Å². The first-order valence-electron chi connectivity index (χ1n) is 5.17. The zero-order valence-electron chi connectivity index (χ0n) is 8.92. The number of fused-ring (bicyclic) bond motifs is 1. The summed E-state index contributed by atoms with van der Waals surface area (Å²) in [5, 5.41) is 0. The maximum Gasteiger partial charge on any atom is 0.236 e. The van der Waals surface area contributed by atoms with Gasteiger partial charge in [0, 0.05) is 19.0 Å². The number of anilines is 2. The maximum atomic E-state index is 11.7. The first-order valence-corrected chi connectivity index (χ1v) is 5.17. The molecule has 1 fully saturated rings. The summed E-state index contributed by atoms with van der Waals surface area (Å²) in [4.78, 5) is 28.2. The van der Waals surface area contributed by atoms with E-state index in [0.29, 0.717) is 24.1 Å². The van der Waals surface area contributed by atoms with Gasteiger partial charge in [-0.1, -0.05) is 0 Å². The molecule has 1 amide bonds. The van der Waals surface area contributed by atoms with E-state index in [1.165, 1.54) is 11.2 Å². The van der Waals surface area contributed by atoms with Gasteiger partial charge in [-0.05, 0) is 0 Å². The fourth-order valence-electron chi connectivity index (χ4n) is 1.89. The lowest BCUT2D eigenvalue weighted by Crippen LogP contribution is -2.29. The Kier molecular flexibility index (Phi) is 1.99. The average molecular weight is 233 g/mol. The molecule has 1 saturated heterocycles. The van der Waals surface area contributed by atoms with Crippen LogP contribution in [0.25, 0.3) is 11.2 Å². The number of hydrogen-bond donors (Lipinski definition) is 3. The number of aromatic nitrogens is 4. The number of nitrogen functional groups attached to an aromatic ring is 1. The molecule has 0 saturated carbocycles. The van der Waals surface area contributed by atoms with Crippen molar-refractivity contribution in [2.24, 2.45) is 5.73 Å². The Bertz CT molecular complexity index is 592. The summed E-state index contributed by atoms with van der Waals surface area (Å²) < 4.78 is 0. The minimum atomic E-state index is -0.179. The highest BCUT2D eigenvalue weighted by Crippen LogP contribution is 2.21. The van der Waals surface area contributed by atoms with Crippen molar-refractivity contribution in [1.82, 2.24) is 19.9 Å². The quantitative estimate of drug-likeness (QED) is 0.579. The molecule has 2 aromatic heterocycles. The van der Waals surface area contributed by atoms with Crippen LogP contribution >= 0.6 is 0 Å². The SMILES string of the molecule is Nc1nc(N2CC(N)CC2=O)nc2nc[nH]c12. The van der Waals surface area contributed by atoms with Gasteiger partial charge in [0.1, 0.15) is 5.52 Å². The lowest BCUT2D eigenvalue weighted by molar-refractivity contribution is -0.117. The molecule has 3 rings (SSSR count). The molecule has 0 bridgehead atoms. The van der Waals surface area contributed by atoms with Crippen molar-refractivity contribution in [2.45, 2.75) is 12.5 Å². The van der Waals surface area contributed by atoms with Crippen LogP contribution in [0.1, 0.15) is 6.42 Å². The fraction of sp³-hybridized carbons (Fsp3) is 0.333. The van der Waals surface area contributed by atoms with Crippen molar-refractivity contribution in [3.8, 4) is 0 Å². The molecular formula is C9H11N7O. The Hall–Kier alpha value is -2.22. The van der Waals surface area contributed by atoms with E-state index in [1.54, 1.807) is 0 Å². The molecule has 1 unspecified atom stereocenters. The Labute approximate surface area is 96.0 Å². The predicted octanol–water partition coefficient (Wildman–Crippen LogP) is -1.00. The Balaban J connectivity index is 2.08. The molecule has 1 aliphatic rings. The maximum absolute atomic E-state index is 11.7. The van der Waals surface area contributed by atoms with Crippen molar-refractivity contribution >= 4 is 28.8 Å². The van der Waals surface area contributed by atoms with E-state index in [1.807, 2.05) is 0 Å². The molecule has 0 radical (unpaired) electrons. The molecule has 0 aromatic carbocycles. The second-order valence-electron chi connectivity index (χ2n) is 3.98. The first kappa shape index (κ1) is 9.97. The van der Waals surface area contributed by atoms with Gasteiger partial charge in [0.25, 0.3) is 0 Å². The number of nitrogens with two attached hydrogens (primary N) is 2.